The van der Waals surface area contributed by atoms with Crippen molar-refractivity contribution in [3.05, 3.63) is 0 Å². The minimum absolute atomic E-state index is 0.0294. The van der Waals surface area contributed by atoms with Crippen LogP contribution < -0.4 is 0 Å². The highest BCUT2D eigenvalue weighted by Crippen LogP contribution is 2.36. The van der Waals surface area contributed by atoms with Gasteiger partial charge in [-0.25, -0.2) is 0 Å². The van der Waals surface area contributed by atoms with Gasteiger partial charge in [-0.3, -0.25) is 4.79 Å². The zero-order chi connectivity index (χ0) is 14.9. The molecule has 0 aliphatic carbocycles. The highest BCUT2D eigenvalue weighted by Gasteiger charge is 2.37. The van der Waals surface area contributed by atoms with Crippen LogP contribution in [0.5, 0.6) is 0 Å². The first-order valence-corrected chi connectivity index (χ1v) is 9.41. The molecule has 0 aliphatic heterocycles. The third-order valence-corrected chi connectivity index (χ3v) is 7.74. The van der Waals surface area contributed by atoms with E-state index in [1.807, 2.05) is 0 Å². The van der Waals surface area contributed by atoms with Crippen molar-refractivity contribution in [1.29, 1.82) is 0 Å². The molecule has 0 atom stereocenters. The predicted octanol–water partition coefficient (Wildman–Crippen LogP) is 2.21. The Balaban J connectivity index is 3.71. The van der Waals surface area contributed by atoms with Crippen molar-refractivity contribution >= 4 is 14.1 Å². The van der Waals surface area contributed by atoms with Crippen LogP contribution in [0.2, 0.25) is 18.1 Å². The molecule has 0 rings (SSSR count). The van der Waals surface area contributed by atoms with E-state index >= 15 is 0 Å². The van der Waals surface area contributed by atoms with Crippen LogP contribution in [0.1, 0.15) is 20.8 Å². The number of hydrogen-bond acceptors (Lipinski definition) is 5. The maximum Gasteiger partial charge on any atom is 0.192 e. The van der Waals surface area contributed by atoms with Gasteiger partial charge in [0.05, 0.1) is 19.8 Å². The number of rotatable bonds is 10. The molecule has 5 nitrogen and oxygen atoms in total. The molecule has 0 saturated heterocycles. The Kier molecular flexibility index (Phi) is 8.68. The van der Waals surface area contributed by atoms with Crippen LogP contribution in [-0.4, -0.2) is 54.4 Å². The van der Waals surface area contributed by atoms with Crippen molar-refractivity contribution in [2.75, 3.05) is 40.3 Å². The fraction of sp³-hybridized carbons (Fsp3) is 0.923. The van der Waals surface area contributed by atoms with Crippen LogP contribution in [0.25, 0.3) is 0 Å². The molecule has 0 fully saturated rings. The lowest BCUT2D eigenvalue weighted by Crippen LogP contribution is -2.42. The Morgan fingerprint density at radius 2 is 1.68 bits per heavy atom. The topological polar surface area (TPSA) is 54.0 Å². The van der Waals surface area contributed by atoms with Crippen molar-refractivity contribution in [2.24, 2.45) is 0 Å². The fourth-order valence-electron chi connectivity index (χ4n) is 0.935. The SMILES string of the molecule is COCCOCOCC(=O)CO[Si](C)(C)C(C)(C)C. The largest absolute Gasteiger partial charge is 0.409 e. The molecule has 0 saturated carbocycles. The van der Waals surface area contributed by atoms with Crippen molar-refractivity contribution in [1.82, 2.24) is 0 Å². The maximum atomic E-state index is 11.6. The average molecular weight is 292 g/mol. The smallest absolute Gasteiger partial charge is 0.192 e. The first-order chi connectivity index (χ1) is 8.70. The molecule has 0 bridgehead atoms. The lowest BCUT2D eigenvalue weighted by atomic mass is 10.2. The molecule has 6 heteroatoms. The van der Waals surface area contributed by atoms with Gasteiger partial charge in [0, 0.05) is 7.11 Å². The van der Waals surface area contributed by atoms with Crippen LogP contribution in [-0.2, 0) is 23.4 Å². The van der Waals surface area contributed by atoms with Gasteiger partial charge in [0.2, 0.25) is 0 Å². The zero-order valence-corrected chi connectivity index (χ0v) is 14.1. The summed E-state index contributed by atoms with van der Waals surface area (Å²) in [6.07, 6.45) is 0. The van der Waals surface area contributed by atoms with Gasteiger partial charge in [-0.05, 0) is 18.1 Å². The van der Waals surface area contributed by atoms with Gasteiger partial charge in [-0.2, -0.15) is 0 Å². The molecule has 0 aromatic heterocycles. The number of hydrogen-bond donors (Lipinski definition) is 0. The van der Waals surface area contributed by atoms with Crippen molar-refractivity contribution in [2.45, 2.75) is 38.9 Å². The normalized spacial score (nSPS) is 12.7. The van der Waals surface area contributed by atoms with Crippen molar-refractivity contribution in [3.8, 4) is 0 Å². The molecule has 19 heavy (non-hydrogen) atoms. The number of methoxy groups -OCH3 is 1. The number of carbonyl (C=O) groups is 1. The maximum absolute atomic E-state index is 11.6. The van der Waals surface area contributed by atoms with E-state index in [0.29, 0.717) is 13.2 Å². The summed E-state index contributed by atoms with van der Waals surface area (Å²) in [4.78, 5) is 11.6. The summed E-state index contributed by atoms with van der Waals surface area (Å²) in [7, 11) is -0.254. The first-order valence-electron chi connectivity index (χ1n) is 6.51. The summed E-state index contributed by atoms with van der Waals surface area (Å²) >= 11 is 0. The second kappa shape index (κ2) is 8.81. The van der Waals surface area contributed by atoms with Crippen molar-refractivity contribution < 1.29 is 23.4 Å². The molecule has 0 amide bonds. The van der Waals surface area contributed by atoms with E-state index < -0.39 is 8.32 Å². The summed E-state index contributed by atoms with van der Waals surface area (Å²) < 4.78 is 20.8. The Morgan fingerprint density at radius 1 is 1.05 bits per heavy atom. The fourth-order valence-corrected chi connectivity index (χ4v) is 1.89. The predicted molar refractivity (Wildman–Crippen MR) is 76.8 cm³/mol. The summed E-state index contributed by atoms with van der Waals surface area (Å²) in [5, 5.41) is 0.109. The summed E-state index contributed by atoms with van der Waals surface area (Å²) in [5.74, 6) is -0.0554. The molecule has 114 valence electrons. The summed E-state index contributed by atoms with van der Waals surface area (Å²) in [5.41, 5.74) is 0. The van der Waals surface area contributed by atoms with E-state index in [1.54, 1.807) is 7.11 Å². The Hall–Kier alpha value is -0.273. The van der Waals surface area contributed by atoms with Gasteiger partial charge in [0.15, 0.2) is 14.1 Å². The van der Waals surface area contributed by atoms with E-state index in [2.05, 4.69) is 33.9 Å². The second-order valence-corrected chi connectivity index (χ2v) is 10.8. The summed E-state index contributed by atoms with van der Waals surface area (Å²) in [6, 6.07) is 0. The molecule has 0 aromatic carbocycles. The van der Waals surface area contributed by atoms with Crippen LogP contribution in [0.4, 0.5) is 0 Å². The van der Waals surface area contributed by atoms with E-state index in [0.717, 1.165) is 0 Å². The van der Waals surface area contributed by atoms with Gasteiger partial charge in [0.25, 0.3) is 0 Å². The number of ether oxygens (including phenoxy) is 3. The first kappa shape index (κ1) is 18.7. The molecule has 0 aliphatic rings. The van der Waals surface area contributed by atoms with Crippen molar-refractivity contribution in [3.63, 3.8) is 0 Å². The Morgan fingerprint density at radius 3 is 2.21 bits per heavy atom. The standard InChI is InChI=1S/C13H28O5Si/c1-13(2,3)19(5,6)18-10-12(14)9-17-11-16-8-7-15-4/h7-11H2,1-6H3. The van der Waals surface area contributed by atoms with Crippen LogP contribution in [0.3, 0.4) is 0 Å². The van der Waals surface area contributed by atoms with E-state index in [4.69, 9.17) is 18.6 Å². The molecule has 0 N–H and O–H groups in total. The molecular weight excluding hydrogens is 264 g/mol. The van der Waals surface area contributed by atoms with Crippen LogP contribution >= 0.6 is 0 Å². The van der Waals surface area contributed by atoms with Gasteiger partial charge < -0.3 is 18.6 Å². The minimum Gasteiger partial charge on any atom is -0.409 e. The highest BCUT2D eigenvalue weighted by molar-refractivity contribution is 6.74. The third-order valence-electron chi connectivity index (χ3n) is 3.26. The molecule has 0 unspecified atom stereocenters. The Labute approximate surface area is 117 Å². The molecule has 0 spiro atoms. The lowest BCUT2D eigenvalue weighted by Gasteiger charge is -2.35. The molecule has 0 radical (unpaired) electrons. The van der Waals surface area contributed by atoms with Crippen LogP contribution in [0, 0.1) is 0 Å². The average Bonchev–Trinajstić information content (AvgIpc) is 2.29. The third kappa shape index (κ3) is 8.49. The highest BCUT2D eigenvalue weighted by atomic mass is 28.4. The minimum atomic E-state index is -1.86. The lowest BCUT2D eigenvalue weighted by molar-refractivity contribution is -0.132. The molecular formula is C13H28O5Si. The van der Waals surface area contributed by atoms with E-state index in [9.17, 15) is 4.79 Å². The summed E-state index contributed by atoms with van der Waals surface area (Å²) in [6.45, 7) is 11.9. The second-order valence-electron chi connectivity index (χ2n) is 5.96. The van der Waals surface area contributed by atoms with Gasteiger partial charge in [-0.15, -0.1) is 0 Å². The quantitative estimate of drug-likeness (QED) is 0.351. The molecule has 0 aromatic rings. The number of ketones is 1. The number of carbonyl (C=O) groups excluding carboxylic acids is 1. The molecule has 0 heterocycles. The Bertz CT molecular complexity index is 260. The van der Waals surface area contributed by atoms with E-state index in [1.165, 1.54) is 0 Å². The van der Waals surface area contributed by atoms with Gasteiger partial charge in [0.1, 0.15) is 13.4 Å². The number of Topliss-reactive ketones (excluding diaryl/α,β-unsaturated/α-hetero) is 1. The van der Waals surface area contributed by atoms with Gasteiger partial charge in [-0.1, -0.05) is 20.8 Å². The van der Waals surface area contributed by atoms with E-state index in [-0.39, 0.29) is 30.8 Å². The monoisotopic (exact) mass is 292 g/mol. The van der Waals surface area contributed by atoms with Gasteiger partial charge >= 0.3 is 0 Å². The van der Waals surface area contributed by atoms with Crippen LogP contribution in [0.15, 0.2) is 0 Å². The zero-order valence-electron chi connectivity index (χ0n) is 13.1.